The second-order valence-electron chi connectivity index (χ2n) is 3.97. The zero-order valence-electron chi connectivity index (χ0n) is 9.97. The Balaban J connectivity index is 1.92. The van der Waals surface area contributed by atoms with Gasteiger partial charge in [-0.05, 0) is 23.9 Å². The molecule has 3 nitrogen and oxygen atoms in total. The summed E-state index contributed by atoms with van der Waals surface area (Å²) in [7, 11) is 0. The third-order valence-corrected chi connectivity index (χ3v) is 3.39. The van der Waals surface area contributed by atoms with Crippen molar-refractivity contribution in [2.24, 2.45) is 0 Å². The zero-order valence-corrected chi connectivity index (χ0v) is 10.8. The molecular weight excluding hydrogens is 246 g/mol. The molecule has 1 N–H and O–H groups in total. The van der Waals surface area contributed by atoms with Crippen LogP contribution in [0.3, 0.4) is 0 Å². The predicted octanol–water partition coefficient (Wildman–Crippen LogP) is 2.56. The van der Waals surface area contributed by atoms with Crippen LogP contribution >= 0.6 is 11.3 Å². The molecule has 2 aromatic rings. The van der Waals surface area contributed by atoms with Crippen molar-refractivity contribution in [1.29, 1.82) is 0 Å². The normalized spacial score (nSPS) is 10.1. The van der Waals surface area contributed by atoms with E-state index in [1.165, 1.54) is 16.9 Å². The van der Waals surface area contributed by atoms with Crippen molar-refractivity contribution < 1.29 is 9.59 Å². The smallest absolute Gasteiger partial charge is 0.293 e. The summed E-state index contributed by atoms with van der Waals surface area (Å²) in [4.78, 5) is 23.8. The second kappa shape index (κ2) is 5.60. The maximum atomic E-state index is 11.7. The van der Waals surface area contributed by atoms with Crippen molar-refractivity contribution in [3.63, 3.8) is 0 Å². The van der Waals surface area contributed by atoms with Crippen LogP contribution in [-0.4, -0.2) is 11.7 Å². The quantitative estimate of drug-likeness (QED) is 0.677. The molecule has 92 valence electrons. The number of carbonyl (C=O) groups excluding carboxylic acids is 2. The summed E-state index contributed by atoms with van der Waals surface area (Å²) in [5.74, 6) is -1.03. The Morgan fingerprint density at radius 1 is 1.17 bits per heavy atom. The fourth-order valence-corrected chi connectivity index (χ4v) is 2.15. The first-order valence-electron chi connectivity index (χ1n) is 5.58. The molecule has 0 atom stereocenters. The number of amides is 1. The van der Waals surface area contributed by atoms with Gasteiger partial charge in [0, 0.05) is 6.54 Å². The first kappa shape index (κ1) is 12.5. The highest BCUT2D eigenvalue weighted by Gasteiger charge is 2.16. The van der Waals surface area contributed by atoms with E-state index in [1.807, 2.05) is 31.2 Å². The summed E-state index contributed by atoms with van der Waals surface area (Å²) < 4.78 is 0. The van der Waals surface area contributed by atoms with E-state index in [1.54, 1.807) is 17.5 Å². The minimum absolute atomic E-state index is 0.371. The SMILES string of the molecule is Cc1ccc(CNC(=O)C(=O)c2cccs2)cc1. The molecule has 0 saturated heterocycles. The van der Waals surface area contributed by atoms with E-state index in [0.717, 1.165) is 5.56 Å². The molecule has 1 heterocycles. The van der Waals surface area contributed by atoms with Crippen LogP contribution in [0.25, 0.3) is 0 Å². The molecule has 0 saturated carbocycles. The van der Waals surface area contributed by atoms with Crippen molar-refractivity contribution in [2.45, 2.75) is 13.5 Å². The number of benzene rings is 1. The number of nitrogens with one attached hydrogen (secondary N) is 1. The number of rotatable bonds is 4. The molecule has 0 aliphatic rings. The van der Waals surface area contributed by atoms with Gasteiger partial charge in [-0.3, -0.25) is 9.59 Å². The number of aryl methyl sites for hydroxylation is 1. The van der Waals surface area contributed by atoms with Crippen molar-refractivity contribution in [2.75, 3.05) is 0 Å². The average Bonchev–Trinajstić information content (AvgIpc) is 2.90. The highest BCUT2D eigenvalue weighted by molar-refractivity contribution is 7.13. The van der Waals surface area contributed by atoms with E-state index in [0.29, 0.717) is 11.4 Å². The van der Waals surface area contributed by atoms with Gasteiger partial charge >= 0.3 is 0 Å². The Morgan fingerprint density at radius 2 is 1.89 bits per heavy atom. The highest BCUT2D eigenvalue weighted by Crippen LogP contribution is 2.09. The van der Waals surface area contributed by atoms with Gasteiger partial charge < -0.3 is 5.32 Å². The number of carbonyl (C=O) groups is 2. The maximum absolute atomic E-state index is 11.7. The Bertz CT molecular complexity index is 544. The fraction of sp³-hybridized carbons (Fsp3) is 0.143. The van der Waals surface area contributed by atoms with Gasteiger partial charge in [-0.25, -0.2) is 0 Å². The van der Waals surface area contributed by atoms with Crippen molar-refractivity contribution in [3.8, 4) is 0 Å². The molecule has 0 radical (unpaired) electrons. The molecule has 0 aliphatic carbocycles. The molecule has 0 fully saturated rings. The van der Waals surface area contributed by atoms with E-state index >= 15 is 0 Å². The lowest BCUT2D eigenvalue weighted by molar-refractivity contribution is -0.117. The first-order valence-corrected chi connectivity index (χ1v) is 6.46. The number of hydrogen-bond acceptors (Lipinski definition) is 3. The van der Waals surface area contributed by atoms with Crippen LogP contribution in [0.2, 0.25) is 0 Å². The molecular formula is C14H13NO2S. The number of thiophene rings is 1. The Morgan fingerprint density at radius 3 is 2.50 bits per heavy atom. The Kier molecular flexibility index (Phi) is 3.89. The van der Waals surface area contributed by atoms with Gasteiger partial charge in [0.05, 0.1) is 4.88 Å². The number of ketones is 1. The lowest BCUT2D eigenvalue weighted by atomic mass is 10.1. The summed E-state index contributed by atoms with van der Waals surface area (Å²) in [6.45, 7) is 2.37. The van der Waals surface area contributed by atoms with Crippen LogP contribution in [-0.2, 0) is 11.3 Å². The van der Waals surface area contributed by atoms with Crippen LogP contribution in [0.15, 0.2) is 41.8 Å². The van der Waals surface area contributed by atoms with Crippen LogP contribution < -0.4 is 5.32 Å². The van der Waals surface area contributed by atoms with E-state index in [2.05, 4.69) is 5.32 Å². The van der Waals surface area contributed by atoms with Gasteiger partial charge in [-0.15, -0.1) is 11.3 Å². The van der Waals surface area contributed by atoms with Crippen LogP contribution in [0.4, 0.5) is 0 Å². The van der Waals surface area contributed by atoms with Gasteiger partial charge in [0.25, 0.3) is 11.7 Å². The van der Waals surface area contributed by atoms with E-state index in [9.17, 15) is 9.59 Å². The van der Waals surface area contributed by atoms with Crippen LogP contribution in [0, 0.1) is 6.92 Å². The molecule has 0 bridgehead atoms. The summed E-state index contributed by atoms with van der Waals surface area (Å²) in [5, 5.41) is 4.40. The molecule has 4 heteroatoms. The lowest BCUT2D eigenvalue weighted by Gasteiger charge is -2.04. The monoisotopic (exact) mass is 259 g/mol. The molecule has 1 amide bonds. The summed E-state index contributed by atoms with van der Waals surface area (Å²) in [5.41, 5.74) is 2.15. The van der Waals surface area contributed by atoms with Gasteiger partial charge in [0.1, 0.15) is 0 Å². The fourth-order valence-electron chi connectivity index (χ4n) is 1.49. The van der Waals surface area contributed by atoms with E-state index < -0.39 is 11.7 Å². The van der Waals surface area contributed by atoms with Gasteiger partial charge in [-0.2, -0.15) is 0 Å². The lowest BCUT2D eigenvalue weighted by Crippen LogP contribution is -2.30. The number of hydrogen-bond donors (Lipinski definition) is 1. The van der Waals surface area contributed by atoms with Crippen molar-refractivity contribution in [1.82, 2.24) is 5.32 Å². The minimum atomic E-state index is -0.557. The molecule has 18 heavy (non-hydrogen) atoms. The third-order valence-electron chi connectivity index (χ3n) is 2.52. The topological polar surface area (TPSA) is 46.2 Å². The minimum Gasteiger partial charge on any atom is -0.345 e. The van der Waals surface area contributed by atoms with Crippen LogP contribution in [0.5, 0.6) is 0 Å². The maximum Gasteiger partial charge on any atom is 0.293 e. The standard InChI is InChI=1S/C14H13NO2S/c1-10-4-6-11(7-5-10)9-15-14(17)13(16)12-3-2-8-18-12/h2-8H,9H2,1H3,(H,15,17). The average molecular weight is 259 g/mol. The van der Waals surface area contributed by atoms with E-state index in [-0.39, 0.29) is 0 Å². The number of Topliss-reactive ketones (excluding diaryl/α,β-unsaturated/α-hetero) is 1. The molecule has 2 rings (SSSR count). The zero-order chi connectivity index (χ0) is 13.0. The Hall–Kier alpha value is -1.94. The second-order valence-corrected chi connectivity index (χ2v) is 4.92. The van der Waals surface area contributed by atoms with Crippen molar-refractivity contribution in [3.05, 3.63) is 57.8 Å². The van der Waals surface area contributed by atoms with Gasteiger partial charge in [0.15, 0.2) is 0 Å². The van der Waals surface area contributed by atoms with Crippen molar-refractivity contribution >= 4 is 23.0 Å². The predicted molar refractivity (Wildman–Crippen MR) is 71.7 cm³/mol. The molecule has 0 unspecified atom stereocenters. The highest BCUT2D eigenvalue weighted by atomic mass is 32.1. The molecule has 0 spiro atoms. The summed E-state index contributed by atoms with van der Waals surface area (Å²) in [6.07, 6.45) is 0. The third kappa shape index (κ3) is 3.05. The molecule has 1 aromatic heterocycles. The first-order chi connectivity index (χ1) is 8.66. The summed E-state index contributed by atoms with van der Waals surface area (Å²) in [6, 6.07) is 11.2. The Labute approximate surface area is 109 Å². The van der Waals surface area contributed by atoms with E-state index in [4.69, 9.17) is 0 Å². The van der Waals surface area contributed by atoms with Crippen LogP contribution in [0.1, 0.15) is 20.8 Å². The molecule has 1 aromatic carbocycles. The molecule has 0 aliphatic heterocycles. The van der Waals surface area contributed by atoms with Gasteiger partial charge in [-0.1, -0.05) is 35.9 Å². The largest absolute Gasteiger partial charge is 0.345 e. The van der Waals surface area contributed by atoms with Gasteiger partial charge in [0.2, 0.25) is 0 Å². The summed E-state index contributed by atoms with van der Waals surface area (Å²) >= 11 is 1.27.